The highest BCUT2D eigenvalue weighted by Gasteiger charge is 2.34. The Kier molecular flexibility index (Phi) is 8.84. The van der Waals surface area contributed by atoms with E-state index in [1.54, 1.807) is 24.3 Å². The van der Waals surface area contributed by atoms with Gasteiger partial charge in [-0.15, -0.1) is 0 Å². The third-order valence-corrected chi connectivity index (χ3v) is 6.27. The van der Waals surface area contributed by atoms with Gasteiger partial charge in [-0.05, 0) is 18.1 Å². The number of para-hydroxylation sites is 1. The zero-order valence-electron chi connectivity index (χ0n) is 17.3. The first kappa shape index (κ1) is 25.8. The highest BCUT2D eigenvalue weighted by atomic mass is 32.2. The molecule has 178 valence electrons. The number of carbonyl (C=O) groups is 1. The number of amides is 1. The largest absolute Gasteiger partial charge is 0.496 e. The van der Waals surface area contributed by atoms with Crippen LogP contribution < -0.4 is 14.9 Å². The van der Waals surface area contributed by atoms with Crippen LogP contribution in [-0.2, 0) is 26.0 Å². The second-order valence-corrected chi connectivity index (χ2v) is 9.02. The van der Waals surface area contributed by atoms with Crippen molar-refractivity contribution >= 4 is 15.9 Å². The van der Waals surface area contributed by atoms with Crippen LogP contribution in [0, 0.1) is 0 Å². The molecule has 0 unspecified atom stereocenters. The topological polar surface area (TPSA) is 114 Å². The van der Waals surface area contributed by atoms with Crippen LogP contribution in [0.2, 0.25) is 0 Å². The Balaban J connectivity index is 2.20. The summed E-state index contributed by atoms with van der Waals surface area (Å²) in [6.07, 6.45) is 0.256. The molecule has 3 N–H and O–H groups in total. The molecule has 8 nitrogen and oxygen atoms in total. The molecule has 0 bridgehead atoms. The lowest BCUT2D eigenvalue weighted by atomic mass is 9.89. The van der Waals surface area contributed by atoms with Crippen molar-refractivity contribution in [2.75, 3.05) is 20.3 Å². The van der Waals surface area contributed by atoms with E-state index < -0.39 is 45.9 Å². The first-order valence-electron chi connectivity index (χ1n) is 9.63. The molecule has 0 atom stereocenters. The molecule has 0 aliphatic heterocycles. The Morgan fingerprint density at radius 1 is 1.22 bits per heavy atom. The van der Waals surface area contributed by atoms with Crippen LogP contribution in [-0.4, -0.2) is 56.8 Å². The molecule has 0 heterocycles. The van der Waals surface area contributed by atoms with Crippen LogP contribution in [0.1, 0.15) is 18.4 Å². The fourth-order valence-corrected chi connectivity index (χ4v) is 4.19. The van der Waals surface area contributed by atoms with Gasteiger partial charge >= 0.3 is 6.18 Å². The summed E-state index contributed by atoms with van der Waals surface area (Å²) in [5.74, 6) is -0.380. The maximum Gasteiger partial charge on any atom is 0.389 e. The Morgan fingerprint density at radius 2 is 1.88 bits per heavy atom. The molecule has 1 aliphatic rings. The molecular weight excluding hydrogens is 453 g/mol. The molecule has 12 heteroatoms. The van der Waals surface area contributed by atoms with Gasteiger partial charge < -0.3 is 9.47 Å². The van der Waals surface area contributed by atoms with E-state index in [4.69, 9.17) is 14.7 Å². The molecule has 1 aliphatic carbocycles. The molecule has 0 spiro atoms. The highest BCUT2D eigenvalue weighted by molar-refractivity contribution is 7.90. The van der Waals surface area contributed by atoms with E-state index in [0.29, 0.717) is 5.75 Å². The standard InChI is InChI=1S/C20H25F3N2O6S/c1-30-17-6-3-2-5-15(17)13-19(31-12-4-9-20(21,22)23)10-7-16(8-11-19)32(28,29)24-14-18(26)25-27/h2-3,5-8,10-11,16,24,27H,4,9,12-14H2,1H3,(H,25,26). The van der Waals surface area contributed by atoms with Crippen molar-refractivity contribution in [3.8, 4) is 5.75 Å². The van der Waals surface area contributed by atoms with Gasteiger partial charge in [0, 0.05) is 19.4 Å². The third kappa shape index (κ3) is 7.62. The van der Waals surface area contributed by atoms with E-state index >= 15 is 0 Å². The quantitative estimate of drug-likeness (QED) is 0.195. The summed E-state index contributed by atoms with van der Waals surface area (Å²) in [5, 5.41) is 7.35. The summed E-state index contributed by atoms with van der Waals surface area (Å²) in [5.41, 5.74) is 0.853. The normalized spacial score (nSPS) is 20.8. The van der Waals surface area contributed by atoms with Crippen molar-refractivity contribution in [1.29, 1.82) is 0 Å². The van der Waals surface area contributed by atoms with Gasteiger partial charge in [0.2, 0.25) is 10.0 Å². The van der Waals surface area contributed by atoms with Crippen LogP contribution in [0.25, 0.3) is 0 Å². The number of rotatable bonds is 11. The molecule has 1 aromatic carbocycles. The molecule has 2 rings (SSSR count). The monoisotopic (exact) mass is 478 g/mol. The Morgan fingerprint density at radius 3 is 2.47 bits per heavy atom. The summed E-state index contributed by atoms with van der Waals surface area (Å²) in [4.78, 5) is 11.1. The average molecular weight is 478 g/mol. The van der Waals surface area contributed by atoms with E-state index in [0.717, 1.165) is 5.56 Å². The number of methoxy groups -OCH3 is 1. The number of alkyl halides is 3. The van der Waals surface area contributed by atoms with Crippen molar-refractivity contribution in [3.63, 3.8) is 0 Å². The lowest BCUT2D eigenvalue weighted by Crippen LogP contribution is -2.41. The van der Waals surface area contributed by atoms with E-state index in [9.17, 15) is 26.4 Å². The maximum atomic E-state index is 12.5. The molecule has 0 fully saturated rings. The van der Waals surface area contributed by atoms with Crippen molar-refractivity contribution < 1.29 is 41.1 Å². The zero-order valence-corrected chi connectivity index (χ0v) is 18.1. The van der Waals surface area contributed by atoms with Crippen molar-refractivity contribution in [1.82, 2.24) is 10.2 Å². The third-order valence-electron chi connectivity index (χ3n) is 4.69. The number of sulfonamides is 1. The second kappa shape index (κ2) is 10.9. The number of hydroxylamine groups is 1. The summed E-state index contributed by atoms with van der Waals surface area (Å²) in [6, 6.07) is 7.04. The van der Waals surface area contributed by atoms with Gasteiger partial charge in [-0.3, -0.25) is 10.0 Å². The van der Waals surface area contributed by atoms with Gasteiger partial charge in [-0.1, -0.05) is 42.5 Å². The lowest BCUT2D eigenvalue weighted by Gasteiger charge is -2.32. The number of halogens is 3. The lowest BCUT2D eigenvalue weighted by molar-refractivity contribution is -0.139. The predicted octanol–water partition coefficient (Wildman–Crippen LogP) is 2.25. The van der Waals surface area contributed by atoms with Gasteiger partial charge in [-0.2, -0.15) is 13.2 Å². The molecule has 32 heavy (non-hydrogen) atoms. The van der Waals surface area contributed by atoms with Crippen molar-refractivity contribution in [2.45, 2.75) is 36.3 Å². The summed E-state index contributed by atoms with van der Waals surface area (Å²) < 4.78 is 75.4. The fraction of sp³-hybridized carbons (Fsp3) is 0.450. The molecular formula is C20H25F3N2O6S. The number of ether oxygens (including phenoxy) is 2. The Labute approximate surface area is 184 Å². The Bertz CT molecular complexity index is 933. The summed E-state index contributed by atoms with van der Waals surface area (Å²) in [7, 11) is -2.51. The number of benzene rings is 1. The predicted molar refractivity (Wildman–Crippen MR) is 110 cm³/mol. The first-order chi connectivity index (χ1) is 15.0. The minimum absolute atomic E-state index is 0.198. The number of nitrogens with one attached hydrogen (secondary N) is 2. The maximum absolute atomic E-state index is 12.5. The van der Waals surface area contributed by atoms with Crippen LogP contribution in [0.3, 0.4) is 0 Å². The number of carbonyl (C=O) groups excluding carboxylic acids is 1. The van der Waals surface area contributed by atoms with E-state index in [2.05, 4.69) is 4.72 Å². The van der Waals surface area contributed by atoms with Gasteiger partial charge in [-0.25, -0.2) is 18.6 Å². The molecule has 0 saturated carbocycles. The zero-order chi connectivity index (χ0) is 23.8. The van der Waals surface area contributed by atoms with Crippen LogP contribution in [0.5, 0.6) is 5.75 Å². The van der Waals surface area contributed by atoms with Crippen molar-refractivity contribution in [3.05, 3.63) is 54.1 Å². The van der Waals surface area contributed by atoms with Crippen LogP contribution >= 0.6 is 0 Å². The molecule has 0 aromatic heterocycles. The number of hydrogen-bond donors (Lipinski definition) is 3. The van der Waals surface area contributed by atoms with Gasteiger partial charge in [0.25, 0.3) is 5.91 Å². The minimum atomic E-state index is -4.30. The second-order valence-electron chi connectivity index (χ2n) is 7.09. The number of hydrogen-bond acceptors (Lipinski definition) is 6. The van der Waals surface area contributed by atoms with E-state index in [-0.39, 0.29) is 19.4 Å². The summed E-state index contributed by atoms with van der Waals surface area (Å²) >= 11 is 0. The molecule has 1 amide bonds. The molecule has 0 radical (unpaired) electrons. The Hall–Kier alpha value is -2.41. The van der Waals surface area contributed by atoms with Gasteiger partial charge in [0.1, 0.15) is 16.6 Å². The fourth-order valence-electron chi connectivity index (χ4n) is 3.09. The van der Waals surface area contributed by atoms with Crippen LogP contribution in [0.4, 0.5) is 13.2 Å². The van der Waals surface area contributed by atoms with Crippen molar-refractivity contribution in [2.24, 2.45) is 0 Å². The molecule has 1 aromatic rings. The van der Waals surface area contributed by atoms with E-state index in [1.165, 1.54) is 36.9 Å². The first-order valence-corrected chi connectivity index (χ1v) is 11.2. The average Bonchev–Trinajstić information content (AvgIpc) is 2.75. The van der Waals surface area contributed by atoms with Gasteiger partial charge in [0.05, 0.1) is 13.7 Å². The molecule has 0 saturated heterocycles. The van der Waals surface area contributed by atoms with Gasteiger partial charge in [0.15, 0.2) is 0 Å². The van der Waals surface area contributed by atoms with E-state index in [1.807, 2.05) is 0 Å². The summed E-state index contributed by atoms with van der Waals surface area (Å²) in [6.45, 7) is -0.854. The minimum Gasteiger partial charge on any atom is -0.496 e. The van der Waals surface area contributed by atoms with Crippen LogP contribution in [0.15, 0.2) is 48.6 Å². The smallest absolute Gasteiger partial charge is 0.389 e. The SMILES string of the molecule is COc1ccccc1CC1(OCCCC(F)(F)F)C=CC(S(=O)(=O)NCC(=O)NO)C=C1. The highest BCUT2D eigenvalue weighted by Crippen LogP contribution is 2.31.